The van der Waals surface area contributed by atoms with Gasteiger partial charge in [-0.15, -0.1) is 0 Å². The predicted molar refractivity (Wildman–Crippen MR) is 74.2 cm³/mol. The van der Waals surface area contributed by atoms with E-state index in [9.17, 15) is 15.2 Å². The normalized spacial score (nSPS) is 14.0. The first-order valence-corrected chi connectivity index (χ1v) is 6.90. The Morgan fingerprint density at radius 3 is 2.86 bits per heavy atom. The maximum Gasteiger partial charge on any atom is 0.323 e. The Morgan fingerprint density at radius 2 is 2.14 bits per heavy atom. The molecule has 110 valence electrons. The summed E-state index contributed by atoms with van der Waals surface area (Å²) in [4.78, 5) is 11.0. The fraction of sp³-hybridized carbons (Fsp3) is 0.231. The van der Waals surface area contributed by atoms with E-state index in [2.05, 4.69) is 0 Å². The lowest BCUT2D eigenvalue weighted by molar-refractivity contribution is -0.385. The molecule has 0 spiro atoms. The third kappa shape index (κ3) is 2.63. The van der Waals surface area contributed by atoms with Gasteiger partial charge in [0.25, 0.3) is 5.06 Å². The smallest absolute Gasteiger partial charge is 0.323 e. The van der Waals surface area contributed by atoms with Gasteiger partial charge in [-0.1, -0.05) is 11.3 Å². The molecule has 0 amide bonds. The summed E-state index contributed by atoms with van der Waals surface area (Å²) >= 11 is 1.04. The van der Waals surface area contributed by atoms with Crippen molar-refractivity contribution in [1.82, 2.24) is 0 Å². The second-order valence-electron chi connectivity index (χ2n) is 4.37. The molecule has 2 aromatic rings. The van der Waals surface area contributed by atoms with Gasteiger partial charge >= 0.3 is 5.69 Å². The second kappa shape index (κ2) is 5.23. The third-order valence-electron chi connectivity index (χ3n) is 2.86. The Labute approximate surface area is 123 Å². The van der Waals surface area contributed by atoms with E-state index in [0.717, 1.165) is 11.3 Å². The average molecular weight is 309 g/mol. The van der Waals surface area contributed by atoms with Gasteiger partial charge in [0.1, 0.15) is 5.75 Å². The highest BCUT2D eigenvalue weighted by Gasteiger charge is 2.24. The maximum atomic E-state index is 11.0. The number of nitro groups is 1. The first-order valence-electron chi connectivity index (χ1n) is 6.08. The number of thiophene rings is 1. The highest BCUT2D eigenvalue weighted by atomic mass is 32.1. The van der Waals surface area contributed by atoms with E-state index >= 15 is 0 Å². The van der Waals surface area contributed by atoms with Crippen LogP contribution < -0.4 is 14.2 Å². The van der Waals surface area contributed by atoms with Crippen molar-refractivity contribution < 1.29 is 24.2 Å². The highest BCUT2D eigenvalue weighted by molar-refractivity contribution is 7.14. The van der Waals surface area contributed by atoms with Crippen LogP contribution in [-0.4, -0.2) is 16.8 Å². The van der Waals surface area contributed by atoms with Crippen molar-refractivity contribution in [2.24, 2.45) is 0 Å². The number of hydrogen-bond donors (Lipinski definition) is 1. The molecule has 0 aliphatic carbocycles. The molecule has 0 saturated heterocycles. The SMILES string of the molecule is C[C@H](O)c1cc([N+](=O)[O-])c(Oc2ccc3c(c2)OCO3)s1. The van der Waals surface area contributed by atoms with Crippen LogP contribution in [0.4, 0.5) is 5.69 Å². The van der Waals surface area contributed by atoms with E-state index in [4.69, 9.17) is 14.2 Å². The molecule has 2 heterocycles. The minimum atomic E-state index is -0.789. The standard InChI is InChI=1S/C13H11NO6S/c1-7(15)12-5-9(14(16)17)13(21-12)20-8-2-3-10-11(4-8)19-6-18-10/h2-5,7,15H,6H2,1H3/t7-/m0/s1. The molecule has 1 aromatic heterocycles. The summed E-state index contributed by atoms with van der Waals surface area (Å²) in [5.41, 5.74) is -0.173. The summed E-state index contributed by atoms with van der Waals surface area (Å²) in [5, 5.41) is 20.7. The summed E-state index contributed by atoms with van der Waals surface area (Å²) in [5.74, 6) is 1.54. The zero-order valence-electron chi connectivity index (χ0n) is 10.9. The predicted octanol–water partition coefficient (Wildman–Crippen LogP) is 3.23. The second-order valence-corrected chi connectivity index (χ2v) is 5.42. The van der Waals surface area contributed by atoms with Gasteiger partial charge in [0, 0.05) is 17.0 Å². The summed E-state index contributed by atoms with van der Waals surface area (Å²) in [6.45, 7) is 1.68. The van der Waals surface area contributed by atoms with E-state index in [1.54, 1.807) is 25.1 Å². The number of aliphatic hydroxyl groups is 1. The first-order chi connectivity index (χ1) is 10.0. The molecule has 1 aliphatic heterocycles. The van der Waals surface area contributed by atoms with Crippen LogP contribution in [0.15, 0.2) is 24.3 Å². The number of aliphatic hydroxyl groups excluding tert-OH is 1. The molecule has 8 heteroatoms. The van der Waals surface area contributed by atoms with Gasteiger partial charge < -0.3 is 19.3 Å². The molecule has 3 rings (SSSR count). The summed E-state index contributed by atoms with van der Waals surface area (Å²) in [6.07, 6.45) is -0.789. The van der Waals surface area contributed by atoms with Gasteiger partial charge in [-0.3, -0.25) is 10.1 Å². The Kier molecular flexibility index (Phi) is 3.40. The van der Waals surface area contributed by atoms with Crippen LogP contribution in [-0.2, 0) is 0 Å². The van der Waals surface area contributed by atoms with Crippen molar-refractivity contribution >= 4 is 17.0 Å². The molecular weight excluding hydrogens is 298 g/mol. The van der Waals surface area contributed by atoms with Crippen LogP contribution in [0.3, 0.4) is 0 Å². The topological polar surface area (TPSA) is 91.1 Å². The zero-order valence-corrected chi connectivity index (χ0v) is 11.8. The van der Waals surface area contributed by atoms with Crippen LogP contribution in [0.5, 0.6) is 22.3 Å². The maximum absolute atomic E-state index is 11.0. The van der Waals surface area contributed by atoms with E-state index in [0.29, 0.717) is 22.1 Å². The number of nitrogens with zero attached hydrogens (tertiary/aromatic N) is 1. The van der Waals surface area contributed by atoms with E-state index in [1.165, 1.54) is 6.07 Å². The van der Waals surface area contributed by atoms with Crippen molar-refractivity contribution in [1.29, 1.82) is 0 Å². The highest BCUT2D eigenvalue weighted by Crippen LogP contribution is 2.43. The summed E-state index contributed by atoms with van der Waals surface area (Å²) < 4.78 is 16.0. The van der Waals surface area contributed by atoms with E-state index in [1.807, 2.05) is 0 Å². The Hall–Kier alpha value is -2.32. The van der Waals surface area contributed by atoms with Crippen LogP contribution >= 0.6 is 11.3 Å². The zero-order chi connectivity index (χ0) is 15.0. The minimum absolute atomic E-state index is 0.120. The lowest BCUT2D eigenvalue weighted by atomic mass is 10.3. The van der Waals surface area contributed by atoms with E-state index in [-0.39, 0.29) is 17.5 Å². The monoisotopic (exact) mass is 309 g/mol. The molecule has 1 aliphatic rings. The van der Waals surface area contributed by atoms with Crippen molar-refractivity contribution in [3.63, 3.8) is 0 Å². The fourth-order valence-corrected chi connectivity index (χ4v) is 2.77. The largest absolute Gasteiger partial charge is 0.454 e. The fourth-order valence-electron chi connectivity index (χ4n) is 1.84. The van der Waals surface area contributed by atoms with Gasteiger partial charge in [-0.05, 0) is 19.1 Å². The molecule has 7 nitrogen and oxygen atoms in total. The summed E-state index contributed by atoms with van der Waals surface area (Å²) in [6, 6.07) is 6.23. The quantitative estimate of drug-likeness (QED) is 0.688. The third-order valence-corrected chi connectivity index (χ3v) is 4.03. The molecule has 0 bridgehead atoms. The van der Waals surface area contributed by atoms with Crippen molar-refractivity contribution in [3.8, 4) is 22.3 Å². The lowest BCUT2D eigenvalue weighted by Gasteiger charge is -2.04. The van der Waals surface area contributed by atoms with Crippen molar-refractivity contribution in [2.75, 3.05) is 6.79 Å². The van der Waals surface area contributed by atoms with Crippen LogP contribution in [0, 0.1) is 10.1 Å². The number of rotatable bonds is 4. The average Bonchev–Trinajstić information content (AvgIpc) is 3.04. The Balaban J connectivity index is 1.92. The number of fused-ring (bicyclic) bond motifs is 1. The van der Waals surface area contributed by atoms with Crippen molar-refractivity contribution in [3.05, 3.63) is 39.3 Å². The molecule has 0 unspecified atom stereocenters. The molecule has 1 aromatic carbocycles. The van der Waals surface area contributed by atoms with Crippen LogP contribution in [0.2, 0.25) is 0 Å². The Morgan fingerprint density at radius 1 is 1.38 bits per heavy atom. The van der Waals surface area contributed by atoms with Gasteiger partial charge in [0.2, 0.25) is 6.79 Å². The van der Waals surface area contributed by atoms with E-state index < -0.39 is 11.0 Å². The lowest BCUT2D eigenvalue weighted by Crippen LogP contribution is -1.92. The minimum Gasteiger partial charge on any atom is -0.454 e. The molecular formula is C13H11NO6S. The summed E-state index contributed by atoms with van der Waals surface area (Å²) in [7, 11) is 0. The molecule has 1 atom stereocenters. The van der Waals surface area contributed by atoms with Gasteiger partial charge in [0.05, 0.1) is 11.0 Å². The molecule has 0 radical (unpaired) electrons. The number of ether oxygens (including phenoxy) is 3. The number of hydrogen-bond acceptors (Lipinski definition) is 7. The molecule has 21 heavy (non-hydrogen) atoms. The van der Waals surface area contributed by atoms with Gasteiger partial charge in [-0.25, -0.2) is 0 Å². The first kappa shape index (κ1) is 13.7. The van der Waals surface area contributed by atoms with Gasteiger partial charge in [-0.2, -0.15) is 0 Å². The van der Waals surface area contributed by atoms with Crippen LogP contribution in [0.1, 0.15) is 17.9 Å². The van der Waals surface area contributed by atoms with Crippen molar-refractivity contribution in [2.45, 2.75) is 13.0 Å². The molecule has 0 fully saturated rings. The van der Waals surface area contributed by atoms with Crippen LogP contribution in [0.25, 0.3) is 0 Å². The Bertz CT molecular complexity index is 696. The molecule has 1 N–H and O–H groups in total. The molecule has 0 saturated carbocycles. The van der Waals surface area contributed by atoms with Gasteiger partial charge in [0.15, 0.2) is 11.5 Å². The number of benzene rings is 1.